The number of carbonyl (C=O) groups excluding carboxylic acids is 1. The average Bonchev–Trinajstić information content (AvgIpc) is 2.59. The number of nitrogens with zero attached hydrogens (tertiary/aromatic N) is 2. The maximum atomic E-state index is 12.0. The Morgan fingerprint density at radius 1 is 1.64 bits per heavy atom. The molecule has 82 valence electrons. The molecule has 2 amide bonds. The Morgan fingerprint density at radius 2 is 2.36 bits per heavy atom. The van der Waals surface area contributed by atoms with Crippen LogP contribution >= 0.6 is 0 Å². The number of nitrogens with two attached hydrogens (primary N) is 1. The molecule has 1 heterocycles. The Balaban J connectivity index is 2.52. The second kappa shape index (κ2) is 5.20. The van der Waals surface area contributed by atoms with Crippen molar-refractivity contribution in [2.24, 2.45) is 5.73 Å². The Labute approximate surface area is 86.0 Å². The van der Waals surface area contributed by atoms with Crippen LogP contribution < -0.4 is 5.73 Å². The number of amides is 2. The number of hydrogen-bond acceptors (Lipinski definition) is 2. The highest BCUT2D eigenvalue weighted by Crippen LogP contribution is 2.17. The third kappa shape index (κ3) is 2.38. The summed E-state index contributed by atoms with van der Waals surface area (Å²) >= 11 is 0. The first-order valence-corrected chi connectivity index (χ1v) is 5.46. The summed E-state index contributed by atoms with van der Waals surface area (Å²) in [5, 5.41) is 0. The molecular formula is C10H21N3O. The number of hydrogen-bond donors (Lipinski definition) is 1. The average molecular weight is 199 g/mol. The van der Waals surface area contributed by atoms with Gasteiger partial charge in [0.2, 0.25) is 0 Å². The van der Waals surface area contributed by atoms with Gasteiger partial charge in [0.25, 0.3) is 0 Å². The van der Waals surface area contributed by atoms with Crippen molar-refractivity contribution in [1.29, 1.82) is 0 Å². The summed E-state index contributed by atoms with van der Waals surface area (Å²) in [4.78, 5) is 15.8. The summed E-state index contributed by atoms with van der Waals surface area (Å²) in [6, 6.07) is 0.553. The van der Waals surface area contributed by atoms with Gasteiger partial charge in [-0.25, -0.2) is 4.79 Å². The molecule has 2 N–H and O–H groups in total. The van der Waals surface area contributed by atoms with Crippen LogP contribution in [0.25, 0.3) is 0 Å². The predicted octanol–water partition coefficient (Wildman–Crippen LogP) is 0.871. The van der Waals surface area contributed by atoms with E-state index in [-0.39, 0.29) is 6.03 Å². The molecule has 1 fully saturated rings. The van der Waals surface area contributed by atoms with Gasteiger partial charge >= 0.3 is 6.03 Å². The molecule has 1 unspecified atom stereocenters. The van der Waals surface area contributed by atoms with Crippen molar-refractivity contribution in [3.05, 3.63) is 0 Å². The lowest BCUT2D eigenvalue weighted by molar-refractivity contribution is 0.154. The fourth-order valence-electron chi connectivity index (χ4n) is 1.94. The van der Waals surface area contributed by atoms with E-state index in [1.54, 1.807) is 0 Å². The molecule has 1 atom stereocenters. The van der Waals surface area contributed by atoms with Gasteiger partial charge in [0.15, 0.2) is 0 Å². The minimum absolute atomic E-state index is 0.156. The fourth-order valence-corrected chi connectivity index (χ4v) is 1.94. The molecule has 0 radical (unpaired) electrons. The van der Waals surface area contributed by atoms with E-state index < -0.39 is 0 Å². The molecule has 1 aliphatic heterocycles. The Kier molecular flexibility index (Phi) is 4.20. The molecule has 1 aliphatic rings. The highest BCUT2D eigenvalue weighted by molar-refractivity contribution is 5.75. The van der Waals surface area contributed by atoms with Crippen molar-refractivity contribution in [2.75, 3.05) is 26.2 Å². The van der Waals surface area contributed by atoms with E-state index in [9.17, 15) is 4.79 Å². The maximum absolute atomic E-state index is 12.0. The lowest BCUT2D eigenvalue weighted by atomic mass is 10.2. The predicted molar refractivity (Wildman–Crippen MR) is 57.1 cm³/mol. The molecule has 4 nitrogen and oxygen atoms in total. The molecule has 14 heavy (non-hydrogen) atoms. The zero-order valence-electron chi connectivity index (χ0n) is 9.20. The smallest absolute Gasteiger partial charge is 0.320 e. The van der Waals surface area contributed by atoms with Crippen molar-refractivity contribution in [1.82, 2.24) is 9.80 Å². The second-order valence-corrected chi connectivity index (χ2v) is 3.84. The Morgan fingerprint density at radius 3 is 2.79 bits per heavy atom. The highest BCUT2D eigenvalue weighted by atomic mass is 16.2. The monoisotopic (exact) mass is 199 g/mol. The van der Waals surface area contributed by atoms with Gasteiger partial charge in [0, 0.05) is 32.2 Å². The molecule has 1 rings (SSSR count). The van der Waals surface area contributed by atoms with Gasteiger partial charge in [-0.05, 0) is 26.7 Å². The lowest BCUT2D eigenvalue weighted by Gasteiger charge is -2.29. The van der Waals surface area contributed by atoms with Crippen molar-refractivity contribution in [2.45, 2.75) is 32.7 Å². The second-order valence-electron chi connectivity index (χ2n) is 3.84. The molecule has 4 heteroatoms. The zero-order valence-corrected chi connectivity index (χ0v) is 9.20. The molecule has 0 aromatic rings. The van der Waals surface area contributed by atoms with Gasteiger partial charge in [-0.1, -0.05) is 0 Å². The van der Waals surface area contributed by atoms with Crippen molar-refractivity contribution in [3.8, 4) is 0 Å². The van der Waals surface area contributed by atoms with E-state index in [0.717, 1.165) is 25.9 Å². The largest absolute Gasteiger partial charge is 0.329 e. The summed E-state index contributed by atoms with van der Waals surface area (Å²) in [5.74, 6) is 0. The third-order valence-electron chi connectivity index (χ3n) is 2.85. The van der Waals surface area contributed by atoms with E-state index >= 15 is 0 Å². The zero-order chi connectivity index (χ0) is 10.6. The number of urea groups is 1. The topological polar surface area (TPSA) is 49.6 Å². The van der Waals surface area contributed by atoms with Crippen LogP contribution in [0, 0.1) is 0 Å². The minimum atomic E-state index is 0.156. The van der Waals surface area contributed by atoms with E-state index in [0.29, 0.717) is 19.1 Å². The minimum Gasteiger partial charge on any atom is -0.329 e. The van der Waals surface area contributed by atoms with Crippen molar-refractivity contribution in [3.63, 3.8) is 0 Å². The normalized spacial score (nSPS) is 21.4. The lowest BCUT2D eigenvalue weighted by Crippen LogP contribution is -2.46. The van der Waals surface area contributed by atoms with Crippen LogP contribution in [0.3, 0.4) is 0 Å². The number of rotatable bonds is 3. The summed E-state index contributed by atoms with van der Waals surface area (Å²) in [6.07, 6.45) is 2.26. The number of likely N-dealkylation sites (N-methyl/N-ethyl adjacent to an activating group) is 1. The molecule has 0 aromatic heterocycles. The fraction of sp³-hybridized carbons (Fsp3) is 0.900. The van der Waals surface area contributed by atoms with Crippen LogP contribution in [0.2, 0.25) is 0 Å². The molecule has 0 aromatic carbocycles. The van der Waals surface area contributed by atoms with Crippen LogP contribution in [0.5, 0.6) is 0 Å². The van der Waals surface area contributed by atoms with Crippen LogP contribution in [-0.4, -0.2) is 48.1 Å². The summed E-state index contributed by atoms with van der Waals surface area (Å²) in [5.41, 5.74) is 5.46. The molecule has 0 saturated carbocycles. The first-order chi connectivity index (χ1) is 6.70. The first kappa shape index (κ1) is 11.3. The summed E-state index contributed by atoms with van der Waals surface area (Å²) < 4.78 is 0. The SMILES string of the molecule is CCN(CCN)C(=O)N1CCCC1C. The van der Waals surface area contributed by atoms with Gasteiger partial charge in [-0.2, -0.15) is 0 Å². The van der Waals surface area contributed by atoms with Gasteiger partial charge in [-0.3, -0.25) is 0 Å². The van der Waals surface area contributed by atoms with Crippen molar-refractivity contribution >= 4 is 6.03 Å². The van der Waals surface area contributed by atoms with E-state index in [1.807, 2.05) is 16.7 Å². The van der Waals surface area contributed by atoms with Crippen LogP contribution in [-0.2, 0) is 0 Å². The van der Waals surface area contributed by atoms with Crippen molar-refractivity contribution < 1.29 is 4.79 Å². The summed E-state index contributed by atoms with van der Waals surface area (Å²) in [6.45, 7) is 6.97. The van der Waals surface area contributed by atoms with Crippen LogP contribution in [0.4, 0.5) is 4.79 Å². The summed E-state index contributed by atoms with van der Waals surface area (Å²) in [7, 11) is 0. The first-order valence-electron chi connectivity index (χ1n) is 5.46. The van der Waals surface area contributed by atoms with E-state index in [2.05, 4.69) is 6.92 Å². The van der Waals surface area contributed by atoms with Crippen LogP contribution in [0.15, 0.2) is 0 Å². The van der Waals surface area contributed by atoms with Gasteiger partial charge < -0.3 is 15.5 Å². The Bertz CT molecular complexity index is 196. The Hall–Kier alpha value is -0.770. The van der Waals surface area contributed by atoms with E-state index in [1.165, 1.54) is 0 Å². The molecule has 0 aliphatic carbocycles. The van der Waals surface area contributed by atoms with Gasteiger partial charge in [0.1, 0.15) is 0 Å². The van der Waals surface area contributed by atoms with Crippen LogP contribution in [0.1, 0.15) is 26.7 Å². The highest BCUT2D eigenvalue weighted by Gasteiger charge is 2.27. The standard InChI is InChI=1S/C10H21N3O/c1-3-12(8-6-11)10(14)13-7-4-5-9(13)2/h9H,3-8,11H2,1-2H3. The molecule has 1 saturated heterocycles. The van der Waals surface area contributed by atoms with Gasteiger partial charge in [0.05, 0.1) is 0 Å². The molecular weight excluding hydrogens is 178 g/mol. The molecule has 0 spiro atoms. The number of likely N-dealkylation sites (tertiary alicyclic amines) is 1. The molecule has 0 bridgehead atoms. The number of carbonyl (C=O) groups is 1. The maximum Gasteiger partial charge on any atom is 0.320 e. The quantitative estimate of drug-likeness (QED) is 0.733. The van der Waals surface area contributed by atoms with Gasteiger partial charge in [-0.15, -0.1) is 0 Å². The van der Waals surface area contributed by atoms with E-state index in [4.69, 9.17) is 5.73 Å². The third-order valence-corrected chi connectivity index (χ3v) is 2.85.